The highest BCUT2D eigenvalue weighted by Gasteiger charge is 2.48. The Kier molecular flexibility index (Phi) is 3.35. The molecule has 2 aliphatic rings. The standard InChI is InChI=1S/C16H19NO4/c1-2-21-15(20)12-13(18)11-7-6-10-17(11)16(14(12)19)8-4-3-5-9-16/h6-7,10,19H,2-5,8-9H2,1H3. The number of fused-ring (bicyclic) bond motifs is 2. The molecule has 1 spiro atoms. The summed E-state index contributed by atoms with van der Waals surface area (Å²) >= 11 is 0. The zero-order chi connectivity index (χ0) is 15.0. The molecule has 0 amide bonds. The number of nitrogens with zero attached hydrogens (tertiary/aromatic N) is 1. The summed E-state index contributed by atoms with van der Waals surface area (Å²) in [6.45, 7) is 1.86. The van der Waals surface area contributed by atoms with E-state index in [-0.39, 0.29) is 17.9 Å². The van der Waals surface area contributed by atoms with E-state index in [9.17, 15) is 14.7 Å². The number of ether oxygens (including phenoxy) is 1. The molecule has 1 saturated carbocycles. The minimum atomic E-state index is -0.725. The molecule has 0 aromatic carbocycles. The van der Waals surface area contributed by atoms with Gasteiger partial charge in [-0.1, -0.05) is 19.3 Å². The van der Waals surface area contributed by atoms with E-state index in [4.69, 9.17) is 4.74 Å². The first-order chi connectivity index (χ1) is 10.1. The summed E-state index contributed by atoms with van der Waals surface area (Å²) in [5, 5.41) is 10.7. The average Bonchev–Trinajstić information content (AvgIpc) is 2.97. The Morgan fingerprint density at radius 3 is 2.76 bits per heavy atom. The van der Waals surface area contributed by atoms with Gasteiger partial charge < -0.3 is 14.4 Å². The second-order valence-electron chi connectivity index (χ2n) is 5.63. The predicted molar refractivity (Wildman–Crippen MR) is 76.1 cm³/mol. The molecule has 5 nitrogen and oxygen atoms in total. The third-order valence-corrected chi connectivity index (χ3v) is 4.51. The van der Waals surface area contributed by atoms with Crippen LogP contribution in [0.3, 0.4) is 0 Å². The van der Waals surface area contributed by atoms with Gasteiger partial charge in [-0.2, -0.15) is 0 Å². The van der Waals surface area contributed by atoms with Gasteiger partial charge in [-0.05, 0) is 31.9 Å². The molecule has 1 aliphatic carbocycles. The van der Waals surface area contributed by atoms with Crippen LogP contribution >= 0.6 is 0 Å². The van der Waals surface area contributed by atoms with E-state index >= 15 is 0 Å². The number of aliphatic hydroxyl groups is 1. The van der Waals surface area contributed by atoms with Gasteiger partial charge in [0, 0.05) is 6.20 Å². The van der Waals surface area contributed by atoms with Gasteiger partial charge in [0.15, 0.2) is 0 Å². The summed E-state index contributed by atoms with van der Waals surface area (Å²) in [5.41, 5.74) is -0.393. The normalized spacial score (nSPS) is 20.5. The largest absolute Gasteiger partial charge is 0.509 e. The lowest BCUT2D eigenvalue weighted by atomic mass is 9.76. The maximum absolute atomic E-state index is 12.5. The molecule has 1 aliphatic heterocycles. The second-order valence-corrected chi connectivity index (χ2v) is 5.63. The molecule has 2 heterocycles. The van der Waals surface area contributed by atoms with Crippen LogP contribution in [0, 0.1) is 0 Å². The number of esters is 1. The smallest absolute Gasteiger partial charge is 0.345 e. The van der Waals surface area contributed by atoms with E-state index in [1.54, 1.807) is 19.1 Å². The molecule has 0 radical (unpaired) electrons. The van der Waals surface area contributed by atoms with Gasteiger partial charge in [0.2, 0.25) is 5.78 Å². The van der Waals surface area contributed by atoms with Crippen LogP contribution < -0.4 is 0 Å². The molecular formula is C16H19NO4. The van der Waals surface area contributed by atoms with Crippen LogP contribution in [0.2, 0.25) is 0 Å². The third kappa shape index (κ3) is 1.91. The molecule has 0 bridgehead atoms. The average molecular weight is 289 g/mol. The van der Waals surface area contributed by atoms with Crippen LogP contribution in [0.1, 0.15) is 49.5 Å². The summed E-state index contributed by atoms with van der Waals surface area (Å²) in [6, 6.07) is 3.48. The summed E-state index contributed by atoms with van der Waals surface area (Å²) in [5.74, 6) is -1.29. The molecule has 1 aromatic heterocycles. The lowest BCUT2D eigenvalue weighted by Crippen LogP contribution is -2.45. The van der Waals surface area contributed by atoms with Gasteiger partial charge in [-0.25, -0.2) is 4.79 Å². The molecule has 112 valence electrons. The SMILES string of the molecule is CCOC(=O)C1=C(O)C2(CCCCC2)n2cccc2C1=O. The first kappa shape index (κ1) is 13.9. The highest BCUT2D eigenvalue weighted by molar-refractivity contribution is 6.24. The Morgan fingerprint density at radius 2 is 2.10 bits per heavy atom. The molecular weight excluding hydrogens is 270 g/mol. The molecule has 3 rings (SSSR count). The maximum atomic E-state index is 12.5. The Morgan fingerprint density at radius 1 is 1.38 bits per heavy atom. The quantitative estimate of drug-likeness (QED) is 0.671. The lowest BCUT2D eigenvalue weighted by Gasteiger charge is -2.42. The number of aliphatic hydroxyl groups excluding tert-OH is 1. The van der Waals surface area contributed by atoms with Crippen molar-refractivity contribution in [2.45, 2.75) is 44.6 Å². The Hall–Kier alpha value is -2.04. The summed E-state index contributed by atoms with van der Waals surface area (Å²) in [4.78, 5) is 24.6. The van der Waals surface area contributed by atoms with Crippen molar-refractivity contribution in [1.82, 2.24) is 4.57 Å². The van der Waals surface area contributed by atoms with E-state index in [1.165, 1.54) is 0 Å². The number of hydrogen-bond donors (Lipinski definition) is 1. The number of hydrogen-bond acceptors (Lipinski definition) is 4. The molecule has 5 heteroatoms. The predicted octanol–water partition coefficient (Wildman–Crippen LogP) is 2.72. The number of allylic oxidation sites excluding steroid dienone is 1. The number of carbonyl (C=O) groups excluding carboxylic acids is 2. The van der Waals surface area contributed by atoms with Gasteiger partial charge in [0.1, 0.15) is 16.9 Å². The second kappa shape index (κ2) is 5.06. The monoisotopic (exact) mass is 289 g/mol. The fourth-order valence-corrected chi connectivity index (χ4v) is 3.53. The first-order valence-electron chi connectivity index (χ1n) is 7.45. The molecule has 1 fully saturated rings. The lowest BCUT2D eigenvalue weighted by molar-refractivity contribution is -0.138. The Bertz CT molecular complexity index is 620. The summed E-state index contributed by atoms with van der Waals surface area (Å²) < 4.78 is 6.80. The first-order valence-corrected chi connectivity index (χ1v) is 7.45. The number of Topliss-reactive ketones (excluding diaryl/α,β-unsaturated/α-hetero) is 1. The van der Waals surface area contributed by atoms with Crippen molar-refractivity contribution >= 4 is 11.8 Å². The topological polar surface area (TPSA) is 68.5 Å². The van der Waals surface area contributed by atoms with Crippen molar-refractivity contribution in [2.75, 3.05) is 6.61 Å². The Balaban J connectivity index is 2.17. The fraction of sp³-hybridized carbons (Fsp3) is 0.500. The van der Waals surface area contributed by atoms with Crippen molar-refractivity contribution in [3.05, 3.63) is 35.4 Å². The van der Waals surface area contributed by atoms with Crippen molar-refractivity contribution < 1.29 is 19.4 Å². The van der Waals surface area contributed by atoms with Crippen LogP contribution in [-0.2, 0) is 15.1 Å². The van der Waals surface area contributed by atoms with E-state index < -0.39 is 17.3 Å². The van der Waals surface area contributed by atoms with Crippen molar-refractivity contribution in [1.29, 1.82) is 0 Å². The maximum Gasteiger partial charge on any atom is 0.345 e. The number of ketones is 1. The highest BCUT2D eigenvalue weighted by Crippen LogP contribution is 2.45. The van der Waals surface area contributed by atoms with Gasteiger partial charge in [0.25, 0.3) is 0 Å². The van der Waals surface area contributed by atoms with Crippen LogP contribution in [-0.4, -0.2) is 28.0 Å². The minimum Gasteiger partial charge on any atom is -0.509 e. The molecule has 21 heavy (non-hydrogen) atoms. The zero-order valence-corrected chi connectivity index (χ0v) is 12.1. The molecule has 0 unspecified atom stereocenters. The van der Waals surface area contributed by atoms with Crippen LogP contribution in [0.15, 0.2) is 29.7 Å². The third-order valence-electron chi connectivity index (χ3n) is 4.51. The number of rotatable bonds is 2. The molecule has 0 atom stereocenters. The Labute approximate surface area is 123 Å². The van der Waals surface area contributed by atoms with Crippen LogP contribution in [0.25, 0.3) is 0 Å². The van der Waals surface area contributed by atoms with Crippen molar-refractivity contribution in [3.8, 4) is 0 Å². The minimum absolute atomic E-state index is 0.116. The van der Waals surface area contributed by atoms with E-state index in [1.807, 2.05) is 10.8 Å². The van der Waals surface area contributed by atoms with Gasteiger partial charge in [-0.3, -0.25) is 4.79 Å². The molecule has 1 aromatic rings. The zero-order valence-electron chi connectivity index (χ0n) is 12.1. The van der Waals surface area contributed by atoms with Crippen molar-refractivity contribution in [3.63, 3.8) is 0 Å². The van der Waals surface area contributed by atoms with Crippen LogP contribution in [0.5, 0.6) is 0 Å². The van der Waals surface area contributed by atoms with E-state index in [0.29, 0.717) is 5.69 Å². The number of aromatic nitrogens is 1. The highest BCUT2D eigenvalue weighted by atomic mass is 16.5. The fourth-order valence-electron chi connectivity index (χ4n) is 3.53. The van der Waals surface area contributed by atoms with Crippen LogP contribution in [0.4, 0.5) is 0 Å². The van der Waals surface area contributed by atoms with Crippen molar-refractivity contribution in [2.24, 2.45) is 0 Å². The molecule has 1 N–H and O–H groups in total. The summed E-state index contributed by atoms with van der Waals surface area (Å²) in [7, 11) is 0. The van der Waals surface area contributed by atoms with Gasteiger partial charge in [-0.15, -0.1) is 0 Å². The number of carbonyl (C=O) groups is 2. The molecule has 0 saturated heterocycles. The van der Waals surface area contributed by atoms with Gasteiger partial charge in [0.05, 0.1) is 12.3 Å². The van der Waals surface area contributed by atoms with Gasteiger partial charge >= 0.3 is 5.97 Å². The van der Waals surface area contributed by atoms with E-state index in [0.717, 1.165) is 32.1 Å². The summed E-state index contributed by atoms with van der Waals surface area (Å²) in [6.07, 6.45) is 6.32. The van der Waals surface area contributed by atoms with E-state index in [2.05, 4.69) is 0 Å².